The zero-order valence-electron chi connectivity index (χ0n) is 49.4. The number of phosphoric acid groups is 1. The van der Waals surface area contributed by atoms with E-state index in [9.17, 15) is 19.4 Å². The molecule has 0 aliphatic carbocycles. The van der Waals surface area contributed by atoms with Gasteiger partial charge in [-0.1, -0.05) is 328 Å². The van der Waals surface area contributed by atoms with E-state index in [1.807, 2.05) is 21.1 Å². The fraction of sp³-hybridized carbons (Fsp3) is 0.984. The molecule has 0 aliphatic rings. The molecule has 0 aromatic carbocycles. The second-order valence-electron chi connectivity index (χ2n) is 23.8. The highest BCUT2D eigenvalue weighted by molar-refractivity contribution is 7.45. The molecule has 0 fully saturated rings. The van der Waals surface area contributed by atoms with E-state index in [0.717, 1.165) is 38.5 Å². The Hall–Kier alpha value is -0.500. The van der Waals surface area contributed by atoms with Gasteiger partial charge in [0.1, 0.15) is 13.2 Å². The van der Waals surface area contributed by atoms with Crippen LogP contribution in [0.5, 0.6) is 0 Å². The Bertz CT molecular complexity index is 1140. The zero-order valence-corrected chi connectivity index (χ0v) is 50.3. The number of unbranched alkanes of at least 4 members (excludes halogenated alkanes) is 48. The molecule has 72 heavy (non-hydrogen) atoms. The number of aliphatic hydroxyl groups excluding tert-OH is 1. The molecule has 0 bridgehead atoms. The second-order valence-corrected chi connectivity index (χ2v) is 25.3. The van der Waals surface area contributed by atoms with Crippen LogP contribution in [0.25, 0.3) is 0 Å². The van der Waals surface area contributed by atoms with Crippen LogP contribution in [0.1, 0.15) is 348 Å². The minimum atomic E-state index is -4.57. The summed E-state index contributed by atoms with van der Waals surface area (Å²) in [6, 6.07) is -0.796. The fourth-order valence-corrected chi connectivity index (χ4v) is 11.0. The topological polar surface area (TPSA) is 108 Å². The minimum Gasteiger partial charge on any atom is -0.756 e. The van der Waals surface area contributed by atoms with E-state index < -0.39 is 20.0 Å². The Morgan fingerprint density at radius 3 is 0.944 bits per heavy atom. The summed E-state index contributed by atoms with van der Waals surface area (Å²) in [4.78, 5) is 25.6. The number of likely N-dealkylation sites (N-methyl/N-ethyl adjacent to an activating group) is 1. The van der Waals surface area contributed by atoms with Gasteiger partial charge < -0.3 is 28.8 Å². The summed E-state index contributed by atoms with van der Waals surface area (Å²) < 4.78 is 23.5. The van der Waals surface area contributed by atoms with Crippen LogP contribution in [0, 0.1) is 0 Å². The number of hydrogen-bond donors (Lipinski definition) is 2. The summed E-state index contributed by atoms with van der Waals surface area (Å²) in [5.74, 6) is -0.154. The number of carbonyl (C=O) groups is 1. The van der Waals surface area contributed by atoms with Crippen LogP contribution in [0.2, 0.25) is 0 Å². The van der Waals surface area contributed by atoms with Gasteiger partial charge in [0.15, 0.2) is 0 Å². The van der Waals surface area contributed by atoms with Crippen molar-refractivity contribution in [2.24, 2.45) is 0 Å². The van der Waals surface area contributed by atoms with Gasteiger partial charge in [0.2, 0.25) is 5.91 Å². The van der Waals surface area contributed by atoms with Crippen LogP contribution in [-0.4, -0.2) is 68.5 Å². The van der Waals surface area contributed by atoms with Crippen molar-refractivity contribution in [3.05, 3.63) is 0 Å². The summed E-state index contributed by atoms with van der Waals surface area (Å²) in [5, 5.41) is 14.1. The van der Waals surface area contributed by atoms with E-state index in [4.69, 9.17) is 9.05 Å². The quantitative estimate of drug-likeness (QED) is 0.0357. The minimum absolute atomic E-state index is 0.0168. The predicted octanol–water partition coefficient (Wildman–Crippen LogP) is 19.4. The summed E-state index contributed by atoms with van der Waals surface area (Å²) in [6.45, 7) is 4.79. The maximum absolute atomic E-state index is 13.0. The number of nitrogens with one attached hydrogen (secondary N) is 1. The third kappa shape index (κ3) is 57.2. The molecule has 0 heterocycles. The number of amides is 1. The number of nitrogens with zero attached hydrogens (tertiary/aromatic N) is 1. The Morgan fingerprint density at radius 2 is 0.681 bits per heavy atom. The maximum atomic E-state index is 13.0. The van der Waals surface area contributed by atoms with Crippen molar-refractivity contribution >= 4 is 13.7 Å². The van der Waals surface area contributed by atoms with E-state index in [1.54, 1.807) is 0 Å². The van der Waals surface area contributed by atoms with Crippen molar-refractivity contribution in [1.82, 2.24) is 5.32 Å². The number of quaternary nitrogens is 1. The molecule has 3 atom stereocenters. The van der Waals surface area contributed by atoms with Gasteiger partial charge >= 0.3 is 0 Å². The highest BCUT2D eigenvalue weighted by Gasteiger charge is 2.24. The molecule has 8 nitrogen and oxygen atoms in total. The van der Waals surface area contributed by atoms with Gasteiger partial charge in [-0.15, -0.1) is 0 Å². The van der Waals surface area contributed by atoms with Gasteiger partial charge in [0, 0.05) is 6.42 Å². The van der Waals surface area contributed by atoms with Crippen LogP contribution in [-0.2, 0) is 18.4 Å². The summed E-state index contributed by atoms with van der Waals surface area (Å²) >= 11 is 0. The molecule has 0 spiro atoms. The fourth-order valence-electron chi connectivity index (χ4n) is 10.3. The molecule has 0 radical (unpaired) electrons. The number of carbonyl (C=O) groups excluding carboxylic acids is 1. The molecule has 1 amide bonds. The third-order valence-electron chi connectivity index (χ3n) is 15.3. The first-order valence-electron chi connectivity index (χ1n) is 32.4. The van der Waals surface area contributed by atoms with Crippen molar-refractivity contribution in [1.29, 1.82) is 0 Å². The van der Waals surface area contributed by atoms with Crippen molar-refractivity contribution < 1.29 is 32.9 Å². The molecule has 0 saturated heterocycles. The first kappa shape index (κ1) is 71.5. The Balaban J connectivity index is 4.03. The average Bonchev–Trinajstić information content (AvgIpc) is 3.34. The molecule has 432 valence electrons. The molecule has 0 saturated carbocycles. The van der Waals surface area contributed by atoms with Crippen LogP contribution in [0.3, 0.4) is 0 Å². The maximum Gasteiger partial charge on any atom is 0.268 e. The second kappa shape index (κ2) is 55.3. The van der Waals surface area contributed by atoms with Gasteiger partial charge in [-0.3, -0.25) is 9.36 Å². The Kier molecular flexibility index (Phi) is 54.9. The van der Waals surface area contributed by atoms with Gasteiger partial charge in [-0.05, 0) is 12.8 Å². The van der Waals surface area contributed by atoms with Crippen LogP contribution in [0.4, 0.5) is 0 Å². The van der Waals surface area contributed by atoms with Crippen LogP contribution < -0.4 is 10.2 Å². The average molecular weight is 1040 g/mol. The lowest BCUT2D eigenvalue weighted by Gasteiger charge is -2.30. The number of rotatable bonds is 61. The SMILES string of the molecule is CCCCCCCCCCCCCCCCCCCCCCCCCCCCCCC(=O)NC(COP(=O)([O-])OCC[N+](C)(C)C)C(O)CCCCCCCCCCCCCCCCCCCCCCCC. The highest BCUT2D eigenvalue weighted by atomic mass is 31.2. The van der Waals surface area contributed by atoms with E-state index in [2.05, 4.69) is 19.2 Å². The summed E-state index contributed by atoms with van der Waals surface area (Å²) in [5.41, 5.74) is 0. The molecule has 0 aliphatic heterocycles. The zero-order chi connectivity index (χ0) is 52.7. The largest absolute Gasteiger partial charge is 0.756 e. The van der Waals surface area contributed by atoms with E-state index in [1.165, 1.54) is 283 Å². The Morgan fingerprint density at radius 1 is 0.431 bits per heavy atom. The monoisotopic (exact) mass is 1040 g/mol. The summed E-state index contributed by atoms with van der Waals surface area (Å²) in [7, 11) is 1.33. The first-order valence-corrected chi connectivity index (χ1v) is 33.8. The third-order valence-corrected chi connectivity index (χ3v) is 16.3. The van der Waals surface area contributed by atoms with Crippen molar-refractivity contribution in [3.63, 3.8) is 0 Å². The van der Waals surface area contributed by atoms with Gasteiger partial charge in [0.25, 0.3) is 7.82 Å². The van der Waals surface area contributed by atoms with Crippen LogP contribution >= 0.6 is 7.82 Å². The van der Waals surface area contributed by atoms with E-state index in [0.29, 0.717) is 23.9 Å². The summed E-state index contributed by atoms with van der Waals surface area (Å²) in [6.07, 6.45) is 67.3. The van der Waals surface area contributed by atoms with Gasteiger partial charge in [-0.25, -0.2) is 0 Å². The molecule has 9 heteroatoms. The van der Waals surface area contributed by atoms with Gasteiger partial charge in [0.05, 0.1) is 39.9 Å². The predicted molar refractivity (Wildman–Crippen MR) is 312 cm³/mol. The molecular weight excluding hydrogens is 912 g/mol. The lowest BCUT2D eigenvalue weighted by molar-refractivity contribution is -0.870. The highest BCUT2D eigenvalue weighted by Crippen LogP contribution is 2.38. The lowest BCUT2D eigenvalue weighted by Crippen LogP contribution is -2.46. The lowest BCUT2D eigenvalue weighted by atomic mass is 10.0. The molecule has 0 aromatic rings. The molecule has 0 rings (SSSR count). The molecule has 2 N–H and O–H groups in total. The first-order chi connectivity index (χ1) is 35.0. The Labute approximate surface area is 450 Å². The van der Waals surface area contributed by atoms with Crippen molar-refractivity contribution in [2.45, 2.75) is 360 Å². The normalized spacial score (nSPS) is 13.7. The standard InChI is InChI=1S/C63H129N2O6P/c1-6-8-10-12-14-16-18-20-22-24-26-28-30-31-32-33-34-35-37-39-41-43-45-47-49-51-53-55-57-63(67)64-61(60-71-72(68,69)70-59-58-65(3,4)5)62(66)56-54-52-50-48-46-44-42-40-38-36-29-27-25-23-21-19-17-15-13-11-9-7-2/h61-62,66H,6-60H2,1-5H3,(H-,64,67,68,69). The number of hydrogen-bond acceptors (Lipinski definition) is 6. The molecule has 0 aromatic heterocycles. The van der Waals surface area contributed by atoms with Crippen molar-refractivity contribution in [3.8, 4) is 0 Å². The van der Waals surface area contributed by atoms with Crippen molar-refractivity contribution in [2.75, 3.05) is 40.9 Å². The van der Waals surface area contributed by atoms with Crippen LogP contribution in [0.15, 0.2) is 0 Å². The van der Waals surface area contributed by atoms with E-state index in [-0.39, 0.29) is 19.1 Å². The molecular formula is C63H129N2O6P. The van der Waals surface area contributed by atoms with Gasteiger partial charge in [-0.2, -0.15) is 0 Å². The number of phosphoric ester groups is 1. The smallest absolute Gasteiger partial charge is 0.268 e. The van der Waals surface area contributed by atoms with E-state index >= 15 is 0 Å². The molecule has 3 unspecified atom stereocenters. The number of aliphatic hydroxyl groups is 1.